The van der Waals surface area contributed by atoms with Crippen molar-refractivity contribution < 1.29 is 4.74 Å². The van der Waals surface area contributed by atoms with Crippen molar-refractivity contribution in [2.24, 2.45) is 11.8 Å². The van der Waals surface area contributed by atoms with Gasteiger partial charge in [-0.1, -0.05) is 15.9 Å². The molecule has 0 radical (unpaired) electrons. The molecule has 2 nitrogen and oxygen atoms in total. The van der Waals surface area contributed by atoms with Gasteiger partial charge in [-0.25, -0.2) is 0 Å². The maximum Gasteiger partial charge on any atom is 0.0469 e. The van der Waals surface area contributed by atoms with Gasteiger partial charge in [-0.3, -0.25) is 0 Å². The molecule has 2 aliphatic heterocycles. The van der Waals surface area contributed by atoms with Crippen molar-refractivity contribution >= 4 is 15.9 Å². The van der Waals surface area contributed by atoms with Crippen LogP contribution in [0.5, 0.6) is 0 Å². The molecule has 16 heavy (non-hydrogen) atoms. The summed E-state index contributed by atoms with van der Waals surface area (Å²) in [6, 6.07) is 0. The molecule has 2 heterocycles. The average Bonchev–Trinajstić information content (AvgIpc) is 2.31. The third kappa shape index (κ3) is 4.01. The lowest BCUT2D eigenvalue weighted by Crippen LogP contribution is -2.39. The molecular formula is C13H24BrNO. The molecule has 0 aromatic carbocycles. The SMILES string of the molecule is BrCCC1CCCN(CC2CCOCC2)C1. The Kier molecular flexibility index (Phi) is 5.60. The Morgan fingerprint density at radius 2 is 1.94 bits per heavy atom. The van der Waals surface area contributed by atoms with Crippen molar-refractivity contribution in [2.45, 2.75) is 32.1 Å². The number of rotatable bonds is 4. The molecule has 2 fully saturated rings. The molecule has 0 bridgehead atoms. The Hall–Kier alpha value is 0.400. The molecule has 0 aromatic rings. The van der Waals surface area contributed by atoms with Crippen molar-refractivity contribution in [3.63, 3.8) is 0 Å². The van der Waals surface area contributed by atoms with E-state index in [4.69, 9.17) is 4.74 Å². The Morgan fingerprint density at radius 1 is 1.12 bits per heavy atom. The van der Waals surface area contributed by atoms with E-state index in [0.717, 1.165) is 25.0 Å². The van der Waals surface area contributed by atoms with Gasteiger partial charge in [0.05, 0.1) is 0 Å². The smallest absolute Gasteiger partial charge is 0.0469 e. The van der Waals surface area contributed by atoms with Crippen molar-refractivity contribution in [3.05, 3.63) is 0 Å². The van der Waals surface area contributed by atoms with E-state index in [-0.39, 0.29) is 0 Å². The third-order valence-corrected chi connectivity index (χ3v) is 4.44. The fourth-order valence-electron chi connectivity index (χ4n) is 3.00. The van der Waals surface area contributed by atoms with E-state index < -0.39 is 0 Å². The van der Waals surface area contributed by atoms with Crippen LogP contribution in [0.25, 0.3) is 0 Å². The van der Waals surface area contributed by atoms with E-state index >= 15 is 0 Å². The molecule has 0 aromatic heterocycles. The lowest BCUT2D eigenvalue weighted by atomic mass is 9.93. The zero-order chi connectivity index (χ0) is 11.2. The van der Waals surface area contributed by atoms with Crippen LogP contribution in [0.4, 0.5) is 0 Å². The number of hydrogen-bond acceptors (Lipinski definition) is 2. The second-order valence-corrected chi connectivity index (χ2v) is 6.09. The van der Waals surface area contributed by atoms with Gasteiger partial charge in [0.25, 0.3) is 0 Å². The maximum atomic E-state index is 5.42. The van der Waals surface area contributed by atoms with E-state index in [1.54, 1.807) is 0 Å². The molecule has 0 amide bonds. The predicted molar refractivity (Wildman–Crippen MR) is 71.1 cm³/mol. The highest BCUT2D eigenvalue weighted by Crippen LogP contribution is 2.23. The van der Waals surface area contributed by atoms with Crippen LogP contribution in [-0.4, -0.2) is 43.1 Å². The minimum absolute atomic E-state index is 0.900. The summed E-state index contributed by atoms with van der Waals surface area (Å²) >= 11 is 3.57. The largest absolute Gasteiger partial charge is 0.381 e. The summed E-state index contributed by atoms with van der Waals surface area (Å²) in [5.74, 6) is 1.84. The van der Waals surface area contributed by atoms with Crippen LogP contribution >= 0.6 is 15.9 Å². The summed E-state index contributed by atoms with van der Waals surface area (Å²) in [5.41, 5.74) is 0. The zero-order valence-electron chi connectivity index (χ0n) is 10.2. The van der Waals surface area contributed by atoms with E-state index in [1.807, 2.05) is 0 Å². The van der Waals surface area contributed by atoms with Crippen molar-refractivity contribution in [1.82, 2.24) is 4.90 Å². The molecule has 1 unspecified atom stereocenters. The second kappa shape index (κ2) is 6.97. The lowest BCUT2D eigenvalue weighted by molar-refractivity contribution is 0.0451. The quantitative estimate of drug-likeness (QED) is 0.738. The minimum Gasteiger partial charge on any atom is -0.381 e. The molecule has 2 aliphatic rings. The maximum absolute atomic E-state index is 5.42. The first-order valence-corrected chi connectivity index (χ1v) is 7.86. The molecule has 2 saturated heterocycles. The highest BCUT2D eigenvalue weighted by molar-refractivity contribution is 9.09. The molecule has 2 rings (SSSR count). The topological polar surface area (TPSA) is 12.5 Å². The standard InChI is InChI=1S/C13H24BrNO/c14-6-3-12-2-1-7-15(10-12)11-13-4-8-16-9-5-13/h12-13H,1-11H2. The van der Waals surface area contributed by atoms with Gasteiger partial charge in [-0.2, -0.15) is 0 Å². The first-order chi connectivity index (χ1) is 7.88. The summed E-state index contributed by atoms with van der Waals surface area (Å²) in [6.45, 7) is 5.97. The van der Waals surface area contributed by atoms with E-state index in [2.05, 4.69) is 20.8 Å². The average molecular weight is 290 g/mol. The lowest BCUT2D eigenvalue weighted by Gasteiger charge is -2.35. The number of ether oxygens (including phenoxy) is 1. The van der Waals surface area contributed by atoms with Gasteiger partial charge in [-0.15, -0.1) is 0 Å². The Balaban J connectivity index is 1.71. The molecular weight excluding hydrogens is 266 g/mol. The van der Waals surface area contributed by atoms with Crippen LogP contribution in [0.15, 0.2) is 0 Å². The van der Waals surface area contributed by atoms with E-state index in [0.29, 0.717) is 0 Å². The summed E-state index contributed by atoms with van der Waals surface area (Å²) in [6.07, 6.45) is 6.75. The van der Waals surface area contributed by atoms with E-state index in [1.165, 1.54) is 57.1 Å². The van der Waals surface area contributed by atoms with Crippen molar-refractivity contribution in [3.8, 4) is 0 Å². The van der Waals surface area contributed by atoms with Gasteiger partial charge >= 0.3 is 0 Å². The van der Waals surface area contributed by atoms with Gasteiger partial charge in [-0.05, 0) is 50.5 Å². The number of alkyl halides is 1. The first kappa shape index (κ1) is 12.8. The molecule has 0 aliphatic carbocycles. The Bertz CT molecular complexity index is 192. The molecule has 3 heteroatoms. The highest BCUT2D eigenvalue weighted by Gasteiger charge is 2.23. The van der Waals surface area contributed by atoms with Crippen molar-refractivity contribution in [1.29, 1.82) is 0 Å². The second-order valence-electron chi connectivity index (χ2n) is 5.30. The number of nitrogens with zero attached hydrogens (tertiary/aromatic N) is 1. The fourth-order valence-corrected chi connectivity index (χ4v) is 3.65. The van der Waals surface area contributed by atoms with Crippen LogP contribution in [0.3, 0.4) is 0 Å². The van der Waals surface area contributed by atoms with Crippen molar-refractivity contribution in [2.75, 3.05) is 38.2 Å². The summed E-state index contributed by atoms with van der Waals surface area (Å²) in [5, 5.41) is 1.17. The van der Waals surface area contributed by atoms with Gasteiger partial charge in [0.1, 0.15) is 0 Å². The Morgan fingerprint density at radius 3 is 2.69 bits per heavy atom. The molecule has 0 spiro atoms. The zero-order valence-corrected chi connectivity index (χ0v) is 11.8. The van der Waals surface area contributed by atoms with Crippen LogP contribution in [0, 0.1) is 11.8 Å². The van der Waals surface area contributed by atoms with Crippen LogP contribution in [0.2, 0.25) is 0 Å². The molecule has 0 saturated carbocycles. The highest BCUT2D eigenvalue weighted by atomic mass is 79.9. The molecule has 94 valence electrons. The number of piperidine rings is 1. The summed E-state index contributed by atoms with van der Waals surface area (Å²) in [7, 11) is 0. The number of halogens is 1. The van der Waals surface area contributed by atoms with Gasteiger partial charge in [0, 0.05) is 31.6 Å². The fraction of sp³-hybridized carbons (Fsp3) is 1.00. The molecule has 1 atom stereocenters. The van der Waals surface area contributed by atoms with Gasteiger partial charge in [0.15, 0.2) is 0 Å². The minimum atomic E-state index is 0.900. The predicted octanol–water partition coefficient (Wildman–Crippen LogP) is 2.91. The number of likely N-dealkylation sites (tertiary alicyclic amines) is 1. The van der Waals surface area contributed by atoms with E-state index in [9.17, 15) is 0 Å². The third-order valence-electron chi connectivity index (χ3n) is 3.98. The summed E-state index contributed by atoms with van der Waals surface area (Å²) in [4.78, 5) is 2.70. The normalized spacial score (nSPS) is 29.4. The van der Waals surface area contributed by atoms with Crippen LogP contribution in [-0.2, 0) is 4.74 Å². The number of hydrogen-bond donors (Lipinski definition) is 0. The van der Waals surface area contributed by atoms with Crippen LogP contribution in [0.1, 0.15) is 32.1 Å². The molecule has 0 N–H and O–H groups in total. The summed E-state index contributed by atoms with van der Waals surface area (Å²) < 4.78 is 5.42. The van der Waals surface area contributed by atoms with Crippen LogP contribution < -0.4 is 0 Å². The van der Waals surface area contributed by atoms with Gasteiger partial charge < -0.3 is 9.64 Å². The van der Waals surface area contributed by atoms with Gasteiger partial charge in [0.2, 0.25) is 0 Å². The monoisotopic (exact) mass is 289 g/mol. The first-order valence-electron chi connectivity index (χ1n) is 6.74. The Labute approximate surface area is 108 Å².